The standard InChI is InChI=1S/C18H30N4OS.2ClH/c1-13(19)16-4-3-7-22(10-16)18(23)15-5-8-21(9-6-15)11-17-12-24-14(2)20-17;;/h12-13,15-16H,3-11,19H2,1-2H3;2*1H. The number of hydrogen-bond acceptors (Lipinski definition) is 5. The van der Waals surface area contributed by atoms with Crippen molar-refractivity contribution in [2.75, 3.05) is 26.2 Å². The van der Waals surface area contributed by atoms with Crippen molar-refractivity contribution in [3.05, 3.63) is 16.1 Å². The van der Waals surface area contributed by atoms with Crippen LogP contribution in [0.5, 0.6) is 0 Å². The van der Waals surface area contributed by atoms with Crippen molar-refractivity contribution in [3.8, 4) is 0 Å². The molecule has 2 saturated heterocycles. The fourth-order valence-corrected chi connectivity index (χ4v) is 4.55. The van der Waals surface area contributed by atoms with Gasteiger partial charge in [0.2, 0.25) is 5.91 Å². The van der Waals surface area contributed by atoms with Crippen molar-refractivity contribution in [1.29, 1.82) is 0 Å². The van der Waals surface area contributed by atoms with Crippen LogP contribution >= 0.6 is 36.2 Å². The fourth-order valence-electron chi connectivity index (χ4n) is 3.95. The molecular weight excluding hydrogens is 391 g/mol. The summed E-state index contributed by atoms with van der Waals surface area (Å²) in [6, 6.07) is 0.184. The maximum Gasteiger partial charge on any atom is 0.225 e. The second-order valence-corrected chi connectivity index (χ2v) is 8.52. The molecular formula is C18H32Cl2N4OS. The van der Waals surface area contributed by atoms with E-state index in [0.717, 1.165) is 69.1 Å². The summed E-state index contributed by atoms with van der Waals surface area (Å²) < 4.78 is 0. The monoisotopic (exact) mass is 422 g/mol. The van der Waals surface area contributed by atoms with Gasteiger partial charge in [-0.2, -0.15) is 0 Å². The Hall–Kier alpha value is -0.400. The number of halogens is 2. The van der Waals surface area contributed by atoms with E-state index in [4.69, 9.17) is 5.73 Å². The van der Waals surface area contributed by atoms with E-state index in [1.165, 1.54) is 0 Å². The van der Waals surface area contributed by atoms with Gasteiger partial charge >= 0.3 is 0 Å². The molecule has 0 bridgehead atoms. The topological polar surface area (TPSA) is 62.5 Å². The molecule has 8 heteroatoms. The highest BCUT2D eigenvalue weighted by molar-refractivity contribution is 7.09. The highest BCUT2D eigenvalue weighted by Gasteiger charge is 2.32. The van der Waals surface area contributed by atoms with Crippen LogP contribution in [0.3, 0.4) is 0 Å². The molecule has 1 aromatic rings. The molecule has 2 aliphatic heterocycles. The van der Waals surface area contributed by atoms with Crippen LogP contribution in [0.4, 0.5) is 0 Å². The van der Waals surface area contributed by atoms with Crippen molar-refractivity contribution >= 4 is 42.1 Å². The third-order valence-electron chi connectivity index (χ3n) is 5.50. The van der Waals surface area contributed by atoms with E-state index in [9.17, 15) is 4.79 Å². The normalized spacial score (nSPS) is 23.0. The Bertz CT molecular complexity index is 561. The molecule has 2 unspecified atom stereocenters. The predicted octanol–water partition coefficient (Wildman–Crippen LogP) is 3.09. The minimum absolute atomic E-state index is 0. The number of amides is 1. The molecule has 2 N–H and O–H groups in total. The van der Waals surface area contributed by atoms with E-state index in [-0.39, 0.29) is 36.8 Å². The Balaban J connectivity index is 0.00000169. The van der Waals surface area contributed by atoms with Crippen LogP contribution in [0, 0.1) is 18.8 Å². The summed E-state index contributed by atoms with van der Waals surface area (Å²) >= 11 is 1.71. The molecule has 2 aliphatic rings. The third-order valence-corrected chi connectivity index (χ3v) is 6.32. The molecule has 0 spiro atoms. The number of aromatic nitrogens is 1. The minimum atomic E-state index is 0. The molecule has 150 valence electrons. The van der Waals surface area contributed by atoms with Gasteiger partial charge in [-0.3, -0.25) is 9.69 Å². The molecule has 0 aromatic carbocycles. The van der Waals surface area contributed by atoms with Crippen LogP contribution in [-0.2, 0) is 11.3 Å². The fraction of sp³-hybridized carbons (Fsp3) is 0.778. The summed E-state index contributed by atoms with van der Waals surface area (Å²) in [6.07, 6.45) is 4.20. The number of aryl methyl sites for hydroxylation is 1. The van der Waals surface area contributed by atoms with E-state index >= 15 is 0 Å². The van der Waals surface area contributed by atoms with Gasteiger partial charge in [0.25, 0.3) is 0 Å². The number of carbonyl (C=O) groups excluding carboxylic acids is 1. The number of piperidine rings is 2. The van der Waals surface area contributed by atoms with Crippen LogP contribution < -0.4 is 5.73 Å². The summed E-state index contributed by atoms with van der Waals surface area (Å²) in [4.78, 5) is 21.9. The van der Waals surface area contributed by atoms with Gasteiger partial charge in [0, 0.05) is 37.0 Å². The Labute approximate surface area is 173 Å². The van der Waals surface area contributed by atoms with E-state index in [1.807, 2.05) is 6.92 Å². The zero-order valence-corrected chi connectivity index (χ0v) is 18.2. The van der Waals surface area contributed by atoms with Crippen LogP contribution in [0.25, 0.3) is 0 Å². The molecule has 3 heterocycles. The lowest BCUT2D eigenvalue weighted by Crippen LogP contribution is -2.48. The molecule has 1 aromatic heterocycles. The number of rotatable bonds is 4. The highest BCUT2D eigenvalue weighted by Crippen LogP contribution is 2.25. The number of hydrogen-bond donors (Lipinski definition) is 1. The lowest BCUT2D eigenvalue weighted by atomic mass is 9.89. The third kappa shape index (κ3) is 6.06. The number of likely N-dealkylation sites (tertiary alicyclic amines) is 2. The van der Waals surface area contributed by atoms with E-state index < -0.39 is 0 Å². The van der Waals surface area contributed by atoms with Crippen molar-refractivity contribution < 1.29 is 4.79 Å². The lowest BCUT2D eigenvalue weighted by Gasteiger charge is -2.38. The first-order valence-corrected chi connectivity index (χ1v) is 10.1. The first-order chi connectivity index (χ1) is 11.5. The summed E-state index contributed by atoms with van der Waals surface area (Å²) in [7, 11) is 0. The quantitative estimate of drug-likeness (QED) is 0.809. The van der Waals surface area contributed by atoms with Gasteiger partial charge in [-0.25, -0.2) is 4.98 Å². The molecule has 5 nitrogen and oxygen atoms in total. The number of thiazole rings is 1. The second kappa shape index (κ2) is 10.8. The Morgan fingerprint density at radius 2 is 2.00 bits per heavy atom. The van der Waals surface area contributed by atoms with Crippen LogP contribution in [0.2, 0.25) is 0 Å². The largest absolute Gasteiger partial charge is 0.342 e. The second-order valence-electron chi connectivity index (χ2n) is 7.45. The van der Waals surface area contributed by atoms with E-state index in [0.29, 0.717) is 11.8 Å². The average molecular weight is 423 g/mol. The number of nitrogens with zero attached hydrogens (tertiary/aromatic N) is 3. The first kappa shape index (κ1) is 23.6. The van der Waals surface area contributed by atoms with E-state index in [2.05, 4.69) is 27.1 Å². The number of carbonyl (C=O) groups is 1. The summed E-state index contributed by atoms with van der Waals surface area (Å²) in [5.41, 5.74) is 7.22. The summed E-state index contributed by atoms with van der Waals surface area (Å²) in [6.45, 7) is 8.80. The zero-order valence-electron chi connectivity index (χ0n) is 15.7. The Morgan fingerprint density at radius 1 is 1.31 bits per heavy atom. The van der Waals surface area contributed by atoms with Crippen LogP contribution in [-0.4, -0.2) is 52.9 Å². The predicted molar refractivity (Wildman–Crippen MR) is 112 cm³/mol. The molecule has 1 amide bonds. The van der Waals surface area contributed by atoms with E-state index in [1.54, 1.807) is 11.3 Å². The Kier molecular flexibility index (Phi) is 9.83. The Morgan fingerprint density at radius 3 is 2.58 bits per heavy atom. The molecule has 26 heavy (non-hydrogen) atoms. The van der Waals surface area contributed by atoms with Crippen molar-refractivity contribution in [2.24, 2.45) is 17.6 Å². The summed E-state index contributed by atoms with van der Waals surface area (Å²) in [5, 5.41) is 3.28. The molecule has 0 radical (unpaired) electrons. The first-order valence-electron chi connectivity index (χ1n) is 9.20. The van der Waals surface area contributed by atoms with Crippen molar-refractivity contribution in [1.82, 2.24) is 14.8 Å². The van der Waals surface area contributed by atoms with Gasteiger partial charge in [-0.05, 0) is 58.5 Å². The number of nitrogens with two attached hydrogens (primary N) is 1. The molecule has 0 saturated carbocycles. The SMILES string of the molecule is Cc1nc(CN2CCC(C(=O)N3CCCC(C(C)N)C3)CC2)cs1.Cl.Cl. The molecule has 0 aliphatic carbocycles. The zero-order chi connectivity index (χ0) is 17.1. The lowest BCUT2D eigenvalue weighted by molar-refractivity contribution is -0.139. The smallest absolute Gasteiger partial charge is 0.225 e. The minimum Gasteiger partial charge on any atom is -0.342 e. The molecule has 3 rings (SSSR count). The van der Waals surface area contributed by atoms with Crippen LogP contribution in [0.15, 0.2) is 5.38 Å². The van der Waals surface area contributed by atoms with Crippen molar-refractivity contribution in [2.45, 2.75) is 52.1 Å². The summed E-state index contributed by atoms with van der Waals surface area (Å²) in [5.74, 6) is 1.03. The van der Waals surface area contributed by atoms with Gasteiger partial charge < -0.3 is 10.6 Å². The van der Waals surface area contributed by atoms with Gasteiger partial charge in [0.05, 0.1) is 10.7 Å². The van der Waals surface area contributed by atoms with Crippen molar-refractivity contribution in [3.63, 3.8) is 0 Å². The van der Waals surface area contributed by atoms with Gasteiger partial charge in [-0.1, -0.05) is 0 Å². The highest BCUT2D eigenvalue weighted by atomic mass is 35.5. The molecule has 2 fully saturated rings. The molecule has 2 atom stereocenters. The van der Waals surface area contributed by atoms with Gasteiger partial charge in [0.1, 0.15) is 0 Å². The maximum atomic E-state index is 12.8. The maximum absolute atomic E-state index is 12.8. The van der Waals surface area contributed by atoms with Crippen LogP contribution in [0.1, 0.15) is 43.3 Å². The van der Waals surface area contributed by atoms with Gasteiger partial charge in [0.15, 0.2) is 0 Å². The van der Waals surface area contributed by atoms with Gasteiger partial charge in [-0.15, -0.1) is 36.2 Å². The average Bonchev–Trinajstić information content (AvgIpc) is 3.00.